The van der Waals surface area contributed by atoms with Crippen molar-refractivity contribution in [2.75, 3.05) is 26.2 Å². The predicted octanol–water partition coefficient (Wildman–Crippen LogP) is 1.42. The first kappa shape index (κ1) is 13.8. The molecule has 2 rings (SSSR count). The van der Waals surface area contributed by atoms with E-state index in [9.17, 15) is 9.90 Å². The fourth-order valence-corrected chi connectivity index (χ4v) is 3.27. The topological polar surface area (TPSA) is 52.6 Å². The Bertz CT molecular complexity index is 307. The van der Waals surface area contributed by atoms with Crippen molar-refractivity contribution in [1.82, 2.24) is 10.2 Å². The molecule has 1 heterocycles. The normalized spacial score (nSPS) is 32.4. The molecule has 2 fully saturated rings. The molecule has 2 N–H and O–H groups in total. The van der Waals surface area contributed by atoms with Crippen molar-refractivity contribution in [2.45, 2.75) is 39.2 Å². The second-order valence-electron chi connectivity index (χ2n) is 6.23. The van der Waals surface area contributed by atoms with Crippen molar-refractivity contribution < 1.29 is 9.90 Å². The molecule has 3 atom stereocenters. The van der Waals surface area contributed by atoms with Crippen molar-refractivity contribution in [2.24, 2.45) is 17.8 Å². The van der Waals surface area contributed by atoms with E-state index >= 15 is 0 Å². The largest absolute Gasteiger partial charge is 0.480 e. The van der Waals surface area contributed by atoms with E-state index in [-0.39, 0.29) is 0 Å². The molecule has 104 valence electrons. The van der Waals surface area contributed by atoms with Crippen molar-refractivity contribution in [1.29, 1.82) is 0 Å². The van der Waals surface area contributed by atoms with Crippen LogP contribution in [0.3, 0.4) is 0 Å². The van der Waals surface area contributed by atoms with Gasteiger partial charge in [-0.3, -0.25) is 4.79 Å². The Hall–Kier alpha value is -0.610. The average Bonchev–Trinajstić information content (AvgIpc) is 3.07. The third-order valence-corrected chi connectivity index (χ3v) is 4.68. The fraction of sp³-hybridized carbons (Fsp3) is 0.929. The smallest absolute Gasteiger partial charge is 0.325 e. The van der Waals surface area contributed by atoms with Crippen LogP contribution >= 0.6 is 0 Å². The lowest BCUT2D eigenvalue weighted by atomic mass is 9.92. The number of nitrogens with zero attached hydrogens (tertiary/aromatic N) is 1. The molecule has 4 heteroatoms. The first-order chi connectivity index (χ1) is 8.49. The van der Waals surface area contributed by atoms with Gasteiger partial charge in [0.2, 0.25) is 0 Å². The maximum absolute atomic E-state index is 11.8. The predicted molar refractivity (Wildman–Crippen MR) is 71.5 cm³/mol. The number of nitrogens with one attached hydrogen (secondary N) is 1. The summed E-state index contributed by atoms with van der Waals surface area (Å²) < 4.78 is 0. The fourth-order valence-electron chi connectivity index (χ4n) is 3.27. The monoisotopic (exact) mass is 254 g/mol. The SMILES string of the molecule is CCNC(CN1CC(C)C(C)C1)(C(=O)O)C1CC1. The molecule has 0 amide bonds. The molecule has 1 saturated carbocycles. The number of hydrogen-bond acceptors (Lipinski definition) is 3. The molecule has 0 radical (unpaired) electrons. The molecule has 0 aromatic rings. The standard InChI is InChI=1S/C14H26N2O2/c1-4-15-14(13(17)18,12-5-6-12)9-16-7-10(2)11(3)8-16/h10-12,15H,4-9H2,1-3H3,(H,17,18). The molecular formula is C14H26N2O2. The maximum atomic E-state index is 11.8. The summed E-state index contributed by atoms with van der Waals surface area (Å²) in [6.07, 6.45) is 2.11. The van der Waals surface area contributed by atoms with Crippen molar-refractivity contribution >= 4 is 5.97 Å². The van der Waals surface area contributed by atoms with Crippen LogP contribution in [0.25, 0.3) is 0 Å². The highest BCUT2D eigenvalue weighted by Gasteiger charge is 2.52. The zero-order valence-electron chi connectivity index (χ0n) is 11.8. The highest BCUT2D eigenvalue weighted by molar-refractivity contribution is 5.80. The molecule has 4 nitrogen and oxygen atoms in total. The number of aliphatic carboxylic acids is 1. The molecule has 1 saturated heterocycles. The van der Waals surface area contributed by atoms with Gasteiger partial charge in [0.15, 0.2) is 0 Å². The Morgan fingerprint density at radius 2 is 1.89 bits per heavy atom. The quantitative estimate of drug-likeness (QED) is 0.752. The number of carbonyl (C=O) groups is 1. The second kappa shape index (κ2) is 5.17. The molecule has 18 heavy (non-hydrogen) atoms. The molecule has 0 aromatic heterocycles. The van der Waals surface area contributed by atoms with Gasteiger partial charge in [0.1, 0.15) is 5.54 Å². The van der Waals surface area contributed by atoms with Crippen molar-refractivity contribution in [3.05, 3.63) is 0 Å². The Balaban J connectivity index is 2.07. The average molecular weight is 254 g/mol. The summed E-state index contributed by atoms with van der Waals surface area (Å²) in [5, 5.41) is 12.9. The summed E-state index contributed by atoms with van der Waals surface area (Å²) in [6, 6.07) is 0. The zero-order valence-corrected chi connectivity index (χ0v) is 11.8. The summed E-state index contributed by atoms with van der Waals surface area (Å²) in [5.74, 6) is 1.01. The minimum Gasteiger partial charge on any atom is -0.480 e. The highest BCUT2D eigenvalue weighted by Crippen LogP contribution is 2.41. The third-order valence-electron chi connectivity index (χ3n) is 4.68. The summed E-state index contributed by atoms with van der Waals surface area (Å²) in [6.45, 7) is 9.98. The number of carboxylic acid groups (broad SMARTS) is 1. The first-order valence-electron chi connectivity index (χ1n) is 7.20. The summed E-state index contributed by atoms with van der Waals surface area (Å²) >= 11 is 0. The van der Waals surface area contributed by atoms with Crippen LogP contribution in [0.15, 0.2) is 0 Å². The molecule has 0 bridgehead atoms. The van der Waals surface area contributed by atoms with Crippen LogP contribution in [-0.4, -0.2) is 47.7 Å². The zero-order chi connectivity index (χ0) is 13.3. The highest BCUT2D eigenvalue weighted by atomic mass is 16.4. The van der Waals surface area contributed by atoms with E-state index in [4.69, 9.17) is 0 Å². The number of rotatable bonds is 6. The van der Waals surface area contributed by atoms with E-state index in [0.29, 0.717) is 24.3 Å². The number of likely N-dealkylation sites (tertiary alicyclic amines) is 1. The molecule has 2 aliphatic rings. The van der Waals surface area contributed by atoms with Gasteiger partial charge < -0.3 is 15.3 Å². The van der Waals surface area contributed by atoms with Gasteiger partial charge in [-0.05, 0) is 37.1 Å². The molecule has 0 aromatic carbocycles. The van der Waals surface area contributed by atoms with E-state index in [2.05, 4.69) is 24.1 Å². The van der Waals surface area contributed by atoms with Crippen LogP contribution in [0.4, 0.5) is 0 Å². The van der Waals surface area contributed by atoms with Gasteiger partial charge in [0, 0.05) is 19.6 Å². The van der Waals surface area contributed by atoms with Gasteiger partial charge in [-0.2, -0.15) is 0 Å². The molecule has 0 spiro atoms. The Morgan fingerprint density at radius 1 is 1.33 bits per heavy atom. The third kappa shape index (κ3) is 2.54. The van der Waals surface area contributed by atoms with Crippen LogP contribution in [0.2, 0.25) is 0 Å². The lowest BCUT2D eigenvalue weighted by Gasteiger charge is -2.34. The number of carboxylic acids is 1. The maximum Gasteiger partial charge on any atom is 0.325 e. The minimum absolute atomic E-state index is 0.321. The van der Waals surface area contributed by atoms with Crippen LogP contribution in [0.5, 0.6) is 0 Å². The summed E-state index contributed by atoms with van der Waals surface area (Å²) in [4.78, 5) is 14.1. The lowest BCUT2D eigenvalue weighted by molar-refractivity contribution is -0.147. The number of likely N-dealkylation sites (N-methyl/N-ethyl adjacent to an activating group) is 1. The van der Waals surface area contributed by atoms with Gasteiger partial charge in [-0.1, -0.05) is 20.8 Å². The molecule has 1 aliphatic heterocycles. The summed E-state index contributed by atoms with van der Waals surface area (Å²) in [5.41, 5.74) is -0.710. The van der Waals surface area contributed by atoms with Crippen molar-refractivity contribution in [3.8, 4) is 0 Å². The van der Waals surface area contributed by atoms with E-state index in [1.165, 1.54) is 0 Å². The Kier molecular flexibility index (Phi) is 3.97. The van der Waals surface area contributed by atoms with Gasteiger partial charge in [-0.15, -0.1) is 0 Å². The van der Waals surface area contributed by atoms with Gasteiger partial charge in [0.05, 0.1) is 0 Å². The van der Waals surface area contributed by atoms with Crippen LogP contribution < -0.4 is 5.32 Å². The summed E-state index contributed by atoms with van der Waals surface area (Å²) in [7, 11) is 0. The first-order valence-corrected chi connectivity index (χ1v) is 7.20. The lowest BCUT2D eigenvalue weighted by Crippen LogP contribution is -2.60. The van der Waals surface area contributed by atoms with Crippen LogP contribution in [-0.2, 0) is 4.79 Å². The van der Waals surface area contributed by atoms with Gasteiger partial charge in [0.25, 0.3) is 0 Å². The van der Waals surface area contributed by atoms with E-state index in [1.807, 2.05) is 6.92 Å². The molecule has 1 aliphatic carbocycles. The van der Waals surface area contributed by atoms with E-state index in [0.717, 1.165) is 32.5 Å². The molecule has 3 unspecified atom stereocenters. The van der Waals surface area contributed by atoms with E-state index in [1.54, 1.807) is 0 Å². The van der Waals surface area contributed by atoms with E-state index < -0.39 is 11.5 Å². The van der Waals surface area contributed by atoms with Gasteiger partial charge >= 0.3 is 5.97 Å². The van der Waals surface area contributed by atoms with Crippen LogP contribution in [0.1, 0.15) is 33.6 Å². The molecular weight excluding hydrogens is 228 g/mol. The minimum atomic E-state index is -0.710. The Morgan fingerprint density at radius 3 is 2.28 bits per heavy atom. The number of hydrogen-bond donors (Lipinski definition) is 2. The second-order valence-corrected chi connectivity index (χ2v) is 6.23. The Labute approximate surface area is 110 Å². The van der Waals surface area contributed by atoms with Gasteiger partial charge in [-0.25, -0.2) is 0 Å². The van der Waals surface area contributed by atoms with Crippen LogP contribution in [0, 0.1) is 17.8 Å². The van der Waals surface area contributed by atoms with Crippen molar-refractivity contribution in [3.63, 3.8) is 0 Å².